The van der Waals surface area contributed by atoms with Gasteiger partial charge in [0.2, 0.25) is 5.16 Å². The van der Waals surface area contributed by atoms with Gasteiger partial charge in [-0.05, 0) is 17.7 Å². The zero-order valence-electron chi connectivity index (χ0n) is 9.28. The molecule has 1 atom stereocenters. The van der Waals surface area contributed by atoms with Crippen LogP contribution in [0, 0.1) is 0 Å². The molecule has 0 aliphatic carbocycles. The van der Waals surface area contributed by atoms with Crippen LogP contribution >= 0.6 is 11.8 Å². The van der Waals surface area contributed by atoms with Crippen LogP contribution in [0.4, 0.5) is 0 Å². The Morgan fingerprint density at radius 2 is 2.44 bits per heavy atom. The third-order valence-corrected chi connectivity index (χ3v) is 3.98. The van der Waals surface area contributed by atoms with Gasteiger partial charge in [0.15, 0.2) is 12.0 Å². The van der Waals surface area contributed by atoms with Crippen LogP contribution in [0.1, 0.15) is 11.6 Å². The van der Waals surface area contributed by atoms with Crippen LogP contribution in [-0.2, 0) is 0 Å². The molecule has 0 amide bonds. The standard InChI is InChI=1S/C11H9N5OS/c1-2-8-10(17-6-12-8)3-7(1)9-4-18-11-14-13-5-16(11)15-9/h1-3,5-6,9,15H,4H2. The van der Waals surface area contributed by atoms with Crippen LogP contribution in [0.2, 0.25) is 0 Å². The maximum Gasteiger partial charge on any atom is 0.209 e. The molecule has 1 N–H and O–H groups in total. The largest absolute Gasteiger partial charge is 0.443 e. The van der Waals surface area contributed by atoms with Crippen molar-refractivity contribution < 1.29 is 4.42 Å². The number of oxazole rings is 1. The molecule has 3 heterocycles. The second-order valence-corrected chi connectivity index (χ2v) is 5.04. The molecule has 0 spiro atoms. The van der Waals surface area contributed by atoms with E-state index in [1.807, 2.05) is 16.8 Å². The summed E-state index contributed by atoms with van der Waals surface area (Å²) in [7, 11) is 0. The van der Waals surface area contributed by atoms with Crippen molar-refractivity contribution >= 4 is 22.9 Å². The molecule has 90 valence electrons. The SMILES string of the molecule is c1nc2ccc(C3CSc4nncn4N3)cc2o1. The van der Waals surface area contributed by atoms with E-state index in [1.54, 1.807) is 18.1 Å². The molecule has 1 unspecified atom stereocenters. The molecule has 0 fully saturated rings. The second kappa shape index (κ2) is 3.74. The maximum absolute atomic E-state index is 5.33. The van der Waals surface area contributed by atoms with E-state index in [4.69, 9.17) is 4.42 Å². The number of thioether (sulfide) groups is 1. The summed E-state index contributed by atoms with van der Waals surface area (Å²) in [5.41, 5.74) is 6.23. The highest BCUT2D eigenvalue weighted by atomic mass is 32.2. The zero-order valence-corrected chi connectivity index (χ0v) is 10.1. The molecule has 1 aliphatic heterocycles. The number of hydrogen-bond donors (Lipinski definition) is 1. The minimum Gasteiger partial charge on any atom is -0.443 e. The fourth-order valence-electron chi connectivity index (χ4n) is 2.03. The van der Waals surface area contributed by atoms with E-state index in [0.717, 1.165) is 22.0 Å². The molecule has 0 radical (unpaired) electrons. The molecule has 0 bridgehead atoms. The fraction of sp³-hybridized carbons (Fsp3) is 0.182. The number of benzene rings is 1. The Morgan fingerprint density at radius 3 is 3.44 bits per heavy atom. The van der Waals surface area contributed by atoms with E-state index < -0.39 is 0 Å². The van der Waals surface area contributed by atoms with Gasteiger partial charge in [0.05, 0.1) is 6.04 Å². The van der Waals surface area contributed by atoms with Crippen LogP contribution in [0.15, 0.2) is 40.5 Å². The first-order valence-corrected chi connectivity index (χ1v) is 6.51. The van der Waals surface area contributed by atoms with E-state index in [9.17, 15) is 0 Å². The van der Waals surface area contributed by atoms with Gasteiger partial charge in [0, 0.05) is 5.75 Å². The van der Waals surface area contributed by atoms with Crippen LogP contribution in [0.5, 0.6) is 0 Å². The van der Waals surface area contributed by atoms with Gasteiger partial charge < -0.3 is 9.84 Å². The monoisotopic (exact) mass is 259 g/mol. The highest BCUT2D eigenvalue weighted by Gasteiger charge is 2.21. The lowest BCUT2D eigenvalue weighted by Gasteiger charge is -2.24. The Morgan fingerprint density at radius 1 is 1.44 bits per heavy atom. The molecule has 4 rings (SSSR count). The summed E-state index contributed by atoms with van der Waals surface area (Å²) in [6.45, 7) is 0. The summed E-state index contributed by atoms with van der Waals surface area (Å²) in [5.74, 6) is 0.915. The van der Waals surface area contributed by atoms with Crippen molar-refractivity contribution in [2.24, 2.45) is 0 Å². The first-order chi connectivity index (χ1) is 8.90. The molecule has 1 aliphatic rings. The van der Waals surface area contributed by atoms with Gasteiger partial charge >= 0.3 is 0 Å². The third kappa shape index (κ3) is 1.47. The smallest absolute Gasteiger partial charge is 0.209 e. The van der Waals surface area contributed by atoms with Gasteiger partial charge in [0.25, 0.3) is 0 Å². The van der Waals surface area contributed by atoms with E-state index in [0.29, 0.717) is 0 Å². The number of hydrogen-bond acceptors (Lipinski definition) is 6. The van der Waals surface area contributed by atoms with Gasteiger partial charge in [-0.1, -0.05) is 17.8 Å². The summed E-state index contributed by atoms with van der Waals surface area (Å²) in [6.07, 6.45) is 3.15. The number of rotatable bonds is 1. The fourth-order valence-corrected chi connectivity index (χ4v) is 2.96. The van der Waals surface area contributed by atoms with Crippen LogP contribution in [-0.4, -0.2) is 25.6 Å². The van der Waals surface area contributed by atoms with Gasteiger partial charge in [0.1, 0.15) is 11.8 Å². The Labute approximate surface area is 106 Å². The Kier molecular flexibility index (Phi) is 2.07. The Balaban J connectivity index is 1.71. The summed E-state index contributed by atoms with van der Waals surface area (Å²) in [6, 6.07) is 6.28. The molecule has 7 heteroatoms. The quantitative estimate of drug-likeness (QED) is 0.718. The highest BCUT2D eigenvalue weighted by Crippen LogP contribution is 2.29. The van der Waals surface area contributed by atoms with Crippen molar-refractivity contribution in [1.29, 1.82) is 0 Å². The number of fused-ring (bicyclic) bond motifs is 2. The summed E-state index contributed by atoms with van der Waals surface area (Å²) in [4.78, 5) is 4.12. The predicted octanol–water partition coefficient (Wildman–Crippen LogP) is 1.81. The van der Waals surface area contributed by atoms with E-state index >= 15 is 0 Å². The first kappa shape index (κ1) is 9.95. The van der Waals surface area contributed by atoms with E-state index in [1.165, 1.54) is 12.0 Å². The molecule has 3 aromatic rings. The van der Waals surface area contributed by atoms with Crippen LogP contribution in [0.3, 0.4) is 0 Å². The predicted molar refractivity (Wildman–Crippen MR) is 66.9 cm³/mol. The lowest BCUT2D eigenvalue weighted by Crippen LogP contribution is -2.27. The average molecular weight is 259 g/mol. The average Bonchev–Trinajstić information content (AvgIpc) is 3.05. The van der Waals surface area contributed by atoms with Crippen molar-refractivity contribution in [2.45, 2.75) is 11.2 Å². The number of nitrogens with one attached hydrogen (secondary N) is 1. The molecule has 18 heavy (non-hydrogen) atoms. The lowest BCUT2D eigenvalue weighted by molar-refractivity contribution is 0.600. The molecule has 1 aromatic carbocycles. The summed E-state index contributed by atoms with van der Waals surface area (Å²) in [5, 5.41) is 8.78. The minimum absolute atomic E-state index is 0.216. The summed E-state index contributed by atoms with van der Waals surface area (Å²) < 4.78 is 7.18. The van der Waals surface area contributed by atoms with E-state index in [-0.39, 0.29) is 6.04 Å². The topological polar surface area (TPSA) is 68.8 Å². The molecule has 6 nitrogen and oxygen atoms in total. The molecule has 0 saturated heterocycles. The van der Waals surface area contributed by atoms with Crippen LogP contribution < -0.4 is 5.43 Å². The molecule has 2 aromatic heterocycles. The van der Waals surface area contributed by atoms with Gasteiger partial charge in [-0.3, -0.25) is 0 Å². The van der Waals surface area contributed by atoms with Crippen molar-refractivity contribution in [3.05, 3.63) is 36.5 Å². The first-order valence-electron chi connectivity index (χ1n) is 5.53. The van der Waals surface area contributed by atoms with Gasteiger partial charge in [-0.25, -0.2) is 9.66 Å². The van der Waals surface area contributed by atoms with Gasteiger partial charge in [-0.15, -0.1) is 10.2 Å². The summed E-state index contributed by atoms with van der Waals surface area (Å²) >= 11 is 1.69. The van der Waals surface area contributed by atoms with Crippen LogP contribution in [0.25, 0.3) is 11.1 Å². The third-order valence-electron chi connectivity index (χ3n) is 2.95. The van der Waals surface area contributed by atoms with E-state index in [2.05, 4.69) is 26.7 Å². The molecular weight excluding hydrogens is 250 g/mol. The number of nitrogens with zero attached hydrogens (tertiary/aromatic N) is 4. The second-order valence-electron chi connectivity index (χ2n) is 4.06. The maximum atomic E-state index is 5.33. The van der Waals surface area contributed by atoms with Crippen molar-refractivity contribution in [2.75, 3.05) is 11.2 Å². The van der Waals surface area contributed by atoms with Crippen molar-refractivity contribution in [3.63, 3.8) is 0 Å². The number of aromatic nitrogens is 4. The molecular formula is C11H9N5OS. The zero-order chi connectivity index (χ0) is 11.9. The molecule has 0 saturated carbocycles. The minimum atomic E-state index is 0.216. The highest BCUT2D eigenvalue weighted by molar-refractivity contribution is 7.99. The van der Waals surface area contributed by atoms with Crippen molar-refractivity contribution in [3.8, 4) is 0 Å². The Bertz CT molecular complexity index is 706. The Hall–Kier alpha value is -2.02. The van der Waals surface area contributed by atoms with Crippen molar-refractivity contribution in [1.82, 2.24) is 19.9 Å². The normalized spacial score (nSPS) is 18.6. The lowest BCUT2D eigenvalue weighted by atomic mass is 10.1. The van der Waals surface area contributed by atoms with Gasteiger partial charge in [-0.2, -0.15) is 0 Å².